The highest BCUT2D eigenvalue weighted by Gasteiger charge is 2.58. The predicted molar refractivity (Wildman–Crippen MR) is 78.3 cm³/mol. The van der Waals surface area contributed by atoms with Crippen LogP contribution in [0.3, 0.4) is 0 Å². The predicted octanol–water partition coefficient (Wildman–Crippen LogP) is 3.23. The number of fused-ring (bicyclic) bond motifs is 1. The van der Waals surface area contributed by atoms with Crippen LogP contribution in [0.5, 0.6) is 0 Å². The summed E-state index contributed by atoms with van der Waals surface area (Å²) in [6.07, 6.45) is 11.6. The number of carbonyl (C=O) groups is 1. The summed E-state index contributed by atoms with van der Waals surface area (Å²) < 4.78 is 2.14. The minimum Gasteiger partial charge on any atom is -0.303 e. The largest absolute Gasteiger partial charge is 0.303 e. The number of nitrogens with zero attached hydrogens (tertiary/aromatic N) is 1. The molecule has 3 rings (SSSR count). The maximum atomic E-state index is 10.9. The summed E-state index contributed by atoms with van der Waals surface area (Å²) in [6.45, 7) is 0. The van der Waals surface area contributed by atoms with Crippen LogP contribution in [0.2, 0.25) is 0 Å². The van der Waals surface area contributed by atoms with Crippen molar-refractivity contribution in [2.75, 3.05) is 0 Å². The van der Waals surface area contributed by atoms with Gasteiger partial charge in [0.1, 0.15) is 6.29 Å². The molecule has 3 nitrogen and oxygen atoms in total. The van der Waals surface area contributed by atoms with Crippen LogP contribution in [-0.2, 0) is 9.63 Å². The van der Waals surface area contributed by atoms with Gasteiger partial charge in [-0.2, -0.15) is 5.06 Å². The monoisotopic (exact) mass is 361 g/mol. The summed E-state index contributed by atoms with van der Waals surface area (Å²) in [7, 11) is 0. The smallest absolute Gasteiger partial charge is 0.121 e. The number of halogens is 1. The quantitative estimate of drug-likeness (QED) is 0.571. The van der Waals surface area contributed by atoms with Crippen molar-refractivity contribution in [2.24, 2.45) is 5.92 Å². The Morgan fingerprint density at radius 1 is 1.33 bits per heavy atom. The van der Waals surface area contributed by atoms with E-state index in [2.05, 4.69) is 37.8 Å². The van der Waals surface area contributed by atoms with Crippen LogP contribution in [0.4, 0.5) is 0 Å². The summed E-state index contributed by atoms with van der Waals surface area (Å²) >= 11 is 2.31. The van der Waals surface area contributed by atoms with Gasteiger partial charge in [0.25, 0.3) is 0 Å². The lowest BCUT2D eigenvalue weighted by Gasteiger charge is -2.47. The fourth-order valence-corrected chi connectivity index (χ4v) is 4.69. The molecule has 1 spiro atoms. The minimum atomic E-state index is 0.191. The molecule has 3 fully saturated rings. The summed E-state index contributed by atoms with van der Waals surface area (Å²) in [5.41, 5.74) is 0.191. The van der Waals surface area contributed by atoms with Crippen molar-refractivity contribution in [3.8, 4) is 0 Å². The molecule has 100 valence electrons. The zero-order valence-corrected chi connectivity index (χ0v) is 12.7. The molecule has 2 bridgehead atoms. The summed E-state index contributed by atoms with van der Waals surface area (Å²) in [5.74, 6) is 0.526. The Morgan fingerprint density at radius 3 is 2.83 bits per heavy atom. The third kappa shape index (κ3) is 1.88. The van der Waals surface area contributed by atoms with Crippen molar-refractivity contribution in [2.45, 2.75) is 62.6 Å². The van der Waals surface area contributed by atoms with Crippen LogP contribution in [-0.4, -0.2) is 29.0 Å². The zero-order chi connectivity index (χ0) is 12.6. The molecule has 0 aromatic heterocycles. The Kier molecular flexibility index (Phi) is 3.78. The number of hydrogen-bond donors (Lipinski definition) is 0. The van der Waals surface area contributed by atoms with Crippen molar-refractivity contribution < 1.29 is 9.63 Å². The van der Waals surface area contributed by atoms with Crippen LogP contribution in [0, 0.1) is 5.92 Å². The molecular formula is C14H20INO2. The van der Waals surface area contributed by atoms with Gasteiger partial charge in [-0.25, -0.2) is 0 Å². The van der Waals surface area contributed by atoms with E-state index in [-0.39, 0.29) is 5.54 Å². The normalized spacial score (nSPS) is 44.2. The first kappa shape index (κ1) is 13.1. The Bertz CT molecular complexity index is 356. The molecular weight excluding hydrogens is 341 g/mol. The lowest BCUT2D eigenvalue weighted by atomic mass is 9.67. The Balaban J connectivity index is 1.92. The average molecular weight is 361 g/mol. The van der Waals surface area contributed by atoms with Gasteiger partial charge in [0.15, 0.2) is 0 Å². The van der Waals surface area contributed by atoms with Gasteiger partial charge in [0.05, 0.1) is 11.6 Å². The van der Waals surface area contributed by atoms with Crippen LogP contribution >= 0.6 is 22.6 Å². The van der Waals surface area contributed by atoms with Gasteiger partial charge >= 0.3 is 0 Å². The fourth-order valence-electron chi connectivity index (χ4n) is 4.25. The fraction of sp³-hybridized carbons (Fsp3) is 0.786. The molecule has 0 unspecified atom stereocenters. The topological polar surface area (TPSA) is 29.5 Å². The molecule has 3 aliphatic rings. The molecule has 1 saturated carbocycles. The average Bonchev–Trinajstić information content (AvgIpc) is 2.56. The molecule has 2 saturated heterocycles. The van der Waals surface area contributed by atoms with Crippen molar-refractivity contribution in [3.05, 3.63) is 10.2 Å². The van der Waals surface area contributed by atoms with E-state index < -0.39 is 0 Å². The van der Waals surface area contributed by atoms with Gasteiger partial charge in [-0.15, -0.1) is 0 Å². The van der Waals surface area contributed by atoms with E-state index in [1.54, 1.807) is 0 Å². The summed E-state index contributed by atoms with van der Waals surface area (Å²) in [4.78, 5) is 17.1. The molecule has 1 aliphatic carbocycles. The van der Waals surface area contributed by atoms with Gasteiger partial charge in [-0.05, 0) is 42.6 Å². The highest BCUT2D eigenvalue weighted by molar-refractivity contribution is 14.1. The van der Waals surface area contributed by atoms with Crippen molar-refractivity contribution in [1.29, 1.82) is 0 Å². The molecule has 4 atom stereocenters. The number of carbonyl (C=O) groups excluding carboxylic acids is 1. The van der Waals surface area contributed by atoms with Gasteiger partial charge in [0.2, 0.25) is 0 Å². The number of piperidine rings is 1. The van der Waals surface area contributed by atoms with Gasteiger partial charge < -0.3 is 4.79 Å². The number of hydrogen-bond acceptors (Lipinski definition) is 3. The molecule has 0 radical (unpaired) electrons. The summed E-state index contributed by atoms with van der Waals surface area (Å²) in [5, 5.41) is 2.24. The standard InChI is InChI=1S/C14H20INO2/c15-9-5-12-13-4-2-8-14(12)7-1-3-11(6-10-17)16(14)18-13/h5,9-13H,1-4,6-8H2/b9-5-/t11-,12+,13-,14+/m0/s1. The first-order valence-electron chi connectivity index (χ1n) is 6.98. The van der Waals surface area contributed by atoms with Crippen LogP contribution in [0.15, 0.2) is 10.2 Å². The highest BCUT2D eigenvalue weighted by Crippen LogP contribution is 2.53. The third-order valence-electron chi connectivity index (χ3n) is 4.93. The van der Waals surface area contributed by atoms with Crippen molar-refractivity contribution in [1.82, 2.24) is 5.06 Å². The van der Waals surface area contributed by atoms with E-state index in [9.17, 15) is 4.79 Å². The molecule has 2 heterocycles. The zero-order valence-electron chi connectivity index (χ0n) is 10.6. The highest BCUT2D eigenvalue weighted by atomic mass is 127. The van der Waals surface area contributed by atoms with Crippen LogP contribution < -0.4 is 0 Å². The molecule has 0 aromatic rings. The lowest BCUT2D eigenvalue weighted by molar-refractivity contribution is -0.221. The van der Waals surface area contributed by atoms with Crippen molar-refractivity contribution in [3.63, 3.8) is 0 Å². The first-order valence-corrected chi connectivity index (χ1v) is 8.23. The lowest BCUT2D eigenvalue weighted by Crippen LogP contribution is -2.55. The minimum absolute atomic E-state index is 0.191. The maximum Gasteiger partial charge on any atom is 0.121 e. The van der Waals surface area contributed by atoms with E-state index in [4.69, 9.17) is 4.84 Å². The summed E-state index contributed by atoms with van der Waals surface area (Å²) in [6, 6.07) is 0.310. The second-order valence-corrected chi connectivity index (χ2v) is 6.48. The van der Waals surface area contributed by atoms with E-state index in [1.807, 2.05) is 0 Å². The second-order valence-electron chi connectivity index (χ2n) is 5.76. The first-order chi connectivity index (χ1) is 8.81. The molecule has 4 heteroatoms. The number of aldehydes is 1. The second kappa shape index (κ2) is 5.21. The van der Waals surface area contributed by atoms with E-state index in [0.717, 1.165) is 19.1 Å². The van der Waals surface area contributed by atoms with E-state index in [0.29, 0.717) is 24.5 Å². The van der Waals surface area contributed by atoms with Gasteiger partial charge in [-0.3, -0.25) is 4.84 Å². The molecule has 0 aromatic carbocycles. The van der Waals surface area contributed by atoms with E-state index in [1.165, 1.54) is 25.7 Å². The number of hydroxylamine groups is 2. The maximum absolute atomic E-state index is 10.9. The van der Waals surface area contributed by atoms with Gasteiger partial charge in [0, 0.05) is 18.4 Å². The van der Waals surface area contributed by atoms with Crippen LogP contribution in [0.25, 0.3) is 0 Å². The third-order valence-corrected chi connectivity index (χ3v) is 5.35. The molecule has 0 amide bonds. The molecule has 0 N–H and O–H groups in total. The van der Waals surface area contributed by atoms with Gasteiger partial charge in [-0.1, -0.05) is 28.7 Å². The van der Waals surface area contributed by atoms with E-state index >= 15 is 0 Å². The Morgan fingerprint density at radius 2 is 2.11 bits per heavy atom. The molecule has 2 aliphatic heterocycles. The molecule has 18 heavy (non-hydrogen) atoms. The van der Waals surface area contributed by atoms with Crippen LogP contribution in [0.1, 0.15) is 44.9 Å². The Labute approximate surface area is 122 Å². The SMILES string of the molecule is O=CC[C@@H]1CCC[C@]23CCC[C@H](ON12)[C@H]3/C=C\I. The Hall–Kier alpha value is 0.0600. The number of rotatable bonds is 3. The van der Waals surface area contributed by atoms with Crippen molar-refractivity contribution >= 4 is 28.9 Å².